The third kappa shape index (κ3) is 3.00. The zero-order valence-electron chi connectivity index (χ0n) is 11.2. The second-order valence-electron chi connectivity index (χ2n) is 4.59. The number of benzene rings is 1. The van der Waals surface area contributed by atoms with Gasteiger partial charge in [-0.15, -0.1) is 0 Å². The van der Waals surface area contributed by atoms with Crippen molar-refractivity contribution in [3.8, 4) is 0 Å². The molecule has 0 atom stereocenters. The zero-order valence-corrected chi connectivity index (χ0v) is 12.0. The lowest BCUT2D eigenvalue weighted by Crippen LogP contribution is -2.29. The smallest absolute Gasteiger partial charge is 0.234 e. The highest BCUT2D eigenvalue weighted by molar-refractivity contribution is 7.92. The van der Waals surface area contributed by atoms with Crippen LogP contribution in [0.4, 0.5) is 5.69 Å². The summed E-state index contributed by atoms with van der Waals surface area (Å²) in [5.41, 5.74) is 2.93. The van der Waals surface area contributed by atoms with E-state index in [1.165, 1.54) is 4.31 Å². The third-order valence-electron chi connectivity index (χ3n) is 2.93. The largest absolute Gasteiger partial charge is 0.273 e. The molecule has 0 aliphatic heterocycles. The molecule has 3 nitrogen and oxygen atoms in total. The molecule has 0 amide bonds. The fourth-order valence-corrected chi connectivity index (χ4v) is 2.60. The van der Waals surface area contributed by atoms with Crippen molar-refractivity contribution in [1.29, 1.82) is 0 Å². The molecule has 0 aliphatic carbocycles. The fourth-order valence-electron chi connectivity index (χ4n) is 1.76. The Labute approximate surface area is 105 Å². The van der Waals surface area contributed by atoms with Gasteiger partial charge < -0.3 is 0 Å². The molecule has 0 aromatic heterocycles. The van der Waals surface area contributed by atoms with Gasteiger partial charge in [-0.25, -0.2) is 8.42 Å². The van der Waals surface area contributed by atoms with Gasteiger partial charge in [0.2, 0.25) is 10.0 Å². The van der Waals surface area contributed by atoms with Gasteiger partial charge in [-0.05, 0) is 37.0 Å². The van der Waals surface area contributed by atoms with Crippen LogP contribution in [0.3, 0.4) is 0 Å². The lowest BCUT2D eigenvalue weighted by molar-refractivity contribution is 0.595. The van der Waals surface area contributed by atoms with Gasteiger partial charge in [0.05, 0.1) is 11.4 Å². The molecule has 1 aromatic rings. The van der Waals surface area contributed by atoms with Crippen LogP contribution in [0.2, 0.25) is 0 Å². The van der Waals surface area contributed by atoms with Gasteiger partial charge >= 0.3 is 0 Å². The van der Waals surface area contributed by atoms with Crippen LogP contribution in [0, 0.1) is 6.92 Å². The summed E-state index contributed by atoms with van der Waals surface area (Å²) in [6, 6.07) is 5.96. The van der Waals surface area contributed by atoms with E-state index in [4.69, 9.17) is 0 Å². The van der Waals surface area contributed by atoms with E-state index < -0.39 is 10.0 Å². The first-order valence-corrected chi connectivity index (χ1v) is 7.47. The molecule has 96 valence electrons. The van der Waals surface area contributed by atoms with E-state index in [1.54, 1.807) is 14.0 Å². The van der Waals surface area contributed by atoms with Crippen LogP contribution >= 0.6 is 0 Å². The van der Waals surface area contributed by atoms with E-state index in [-0.39, 0.29) is 5.75 Å². The standard InChI is InChI=1S/C13H21NO2S/c1-6-17(15,16)14(5)13-9-11(4)7-8-12(13)10(2)3/h7-10H,6H2,1-5H3. The maximum atomic E-state index is 11.9. The average molecular weight is 255 g/mol. The minimum atomic E-state index is -3.19. The quantitative estimate of drug-likeness (QED) is 0.829. The van der Waals surface area contributed by atoms with Crippen LogP contribution in [-0.2, 0) is 10.0 Å². The first-order valence-electron chi connectivity index (χ1n) is 5.86. The summed E-state index contributed by atoms with van der Waals surface area (Å²) in [6.45, 7) is 7.78. The average Bonchev–Trinajstić information content (AvgIpc) is 2.27. The number of rotatable bonds is 4. The maximum Gasteiger partial charge on any atom is 0.234 e. The number of hydrogen-bond donors (Lipinski definition) is 0. The Morgan fingerprint density at radius 2 is 1.88 bits per heavy atom. The number of nitrogens with zero attached hydrogens (tertiary/aromatic N) is 1. The fraction of sp³-hybridized carbons (Fsp3) is 0.538. The Balaban J connectivity index is 3.34. The Hall–Kier alpha value is -1.03. The van der Waals surface area contributed by atoms with Crippen molar-refractivity contribution in [1.82, 2.24) is 0 Å². The molecule has 0 unspecified atom stereocenters. The van der Waals surface area contributed by atoms with Gasteiger partial charge in [-0.2, -0.15) is 0 Å². The Kier molecular flexibility index (Phi) is 4.20. The van der Waals surface area contributed by atoms with Crippen molar-refractivity contribution in [3.05, 3.63) is 29.3 Å². The molecule has 0 spiro atoms. The Bertz CT molecular complexity index is 492. The molecule has 0 radical (unpaired) electrons. The van der Waals surface area contributed by atoms with Crippen molar-refractivity contribution in [2.24, 2.45) is 0 Å². The summed E-state index contributed by atoms with van der Waals surface area (Å²) in [4.78, 5) is 0. The molecule has 0 saturated heterocycles. The molecule has 0 saturated carbocycles. The minimum Gasteiger partial charge on any atom is -0.273 e. The highest BCUT2D eigenvalue weighted by atomic mass is 32.2. The maximum absolute atomic E-state index is 11.9. The summed E-state index contributed by atoms with van der Waals surface area (Å²) in [5.74, 6) is 0.426. The number of sulfonamides is 1. The highest BCUT2D eigenvalue weighted by Gasteiger charge is 2.19. The second-order valence-corrected chi connectivity index (χ2v) is 6.87. The van der Waals surface area contributed by atoms with E-state index in [0.717, 1.165) is 16.8 Å². The van der Waals surface area contributed by atoms with Crippen molar-refractivity contribution in [2.45, 2.75) is 33.6 Å². The number of aryl methyl sites for hydroxylation is 1. The predicted molar refractivity (Wildman–Crippen MR) is 73.1 cm³/mol. The monoisotopic (exact) mass is 255 g/mol. The van der Waals surface area contributed by atoms with Crippen LogP contribution in [-0.4, -0.2) is 21.2 Å². The number of hydrogen-bond acceptors (Lipinski definition) is 2. The Morgan fingerprint density at radius 1 is 1.29 bits per heavy atom. The van der Waals surface area contributed by atoms with Crippen LogP contribution in [0.5, 0.6) is 0 Å². The van der Waals surface area contributed by atoms with E-state index in [9.17, 15) is 8.42 Å². The summed E-state index contributed by atoms with van der Waals surface area (Å²) in [5, 5.41) is 0. The van der Waals surface area contributed by atoms with Crippen LogP contribution < -0.4 is 4.31 Å². The van der Waals surface area contributed by atoms with Gasteiger partial charge in [0, 0.05) is 7.05 Å². The molecule has 1 aromatic carbocycles. The lowest BCUT2D eigenvalue weighted by Gasteiger charge is -2.23. The zero-order chi connectivity index (χ0) is 13.2. The summed E-state index contributed by atoms with van der Waals surface area (Å²) in [7, 11) is -1.57. The number of anilines is 1. The molecular formula is C13H21NO2S. The normalized spacial score (nSPS) is 11.9. The molecule has 4 heteroatoms. The first-order chi connectivity index (χ1) is 7.79. The van der Waals surface area contributed by atoms with Crippen LogP contribution in [0.1, 0.15) is 37.8 Å². The molecule has 0 aliphatic rings. The van der Waals surface area contributed by atoms with Gasteiger partial charge in [-0.1, -0.05) is 26.0 Å². The van der Waals surface area contributed by atoms with E-state index in [1.807, 2.05) is 25.1 Å². The SMILES string of the molecule is CCS(=O)(=O)N(C)c1cc(C)ccc1C(C)C. The van der Waals surface area contributed by atoms with Crippen molar-refractivity contribution >= 4 is 15.7 Å². The molecule has 0 bridgehead atoms. The highest BCUT2D eigenvalue weighted by Crippen LogP contribution is 2.29. The molecule has 1 rings (SSSR count). The Morgan fingerprint density at radius 3 is 2.35 bits per heavy atom. The van der Waals surface area contributed by atoms with Crippen LogP contribution in [0.25, 0.3) is 0 Å². The third-order valence-corrected chi connectivity index (χ3v) is 4.69. The van der Waals surface area contributed by atoms with Gasteiger partial charge in [0.15, 0.2) is 0 Å². The van der Waals surface area contributed by atoms with E-state index in [0.29, 0.717) is 5.92 Å². The van der Waals surface area contributed by atoms with E-state index in [2.05, 4.69) is 13.8 Å². The first kappa shape index (κ1) is 14.0. The molecular weight excluding hydrogens is 234 g/mol. The predicted octanol–water partition coefficient (Wildman–Crippen LogP) is 2.90. The summed E-state index contributed by atoms with van der Waals surface area (Å²) < 4.78 is 25.2. The molecule has 0 fully saturated rings. The second kappa shape index (κ2) is 5.08. The molecule has 0 heterocycles. The minimum absolute atomic E-state index is 0.120. The van der Waals surface area contributed by atoms with E-state index >= 15 is 0 Å². The van der Waals surface area contributed by atoms with Gasteiger partial charge in [0.25, 0.3) is 0 Å². The summed E-state index contributed by atoms with van der Waals surface area (Å²) >= 11 is 0. The molecule has 0 N–H and O–H groups in total. The van der Waals surface area contributed by atoms with Crippen molar-refractivity contribution in [2.75, 3.05) is 17.1 Å². The van der Waals surface area contributed by atoms with Crippen LogP contribution in [0.15, 0.2) is 18.2 Å². The van der Waals surface area contributed by atoms with Crippen molar-refractivity contribution in [3.63, 3.8) is 0 Å². The van der Waals surface area contributed by atoms with Gasteiger partial charge in [0.1, 0.15) is 0 Å². The topological polar surface area (TPSA) is 37.4 Å². The lowest BCUT2D eigenvalue weighted by atomic mass is 9.99. The van der Waals surface area contributed by atoms with Gasteiger partial charge in [-0.3, -0.25) is 4.31 Å². The summed E-state index contributed by atoms with van der Waals surface area (Å²) in [6.07, 6.45) is 0. The van der Waals surface area contributed by atoms with Crippen molar-refractivity contribution < 1.29 is 8.42 Å². The molecule has 17 heavy (non-hydrogen) atoms.